The lowest BCUT2D eigenvalue weighted by Crippen LogP contribution is -2.24. The van der Waals surface area contributed by atoms with Crippen LogP contribution in [0.15, 0.2) is 41.3 Å². The van der Waals surface area contributed by atoms with E-state index in [4.69, 9.17) is 4.74 Å². The summed E-state index contributed by atoms with van der Waals surface area (Å²) in [6.45, 7) is 5.31. The van der Waals surface area contributed by atoms with E-state index in [0.717, 1.165) is 0 Å². The second-order valence-corrected chi connectivity index (χ2v) is 7.49. The van der Waals surface area contributed by atoms with Gasteiger partial charge in [0, 0.05) is 18.2 Å². The minimum atomic E-state index is -3.86. The number of benzene rings is 2. The summed E-state index contributed by atoms with van der Waals surface area (Å²) in [6.07, 6.45) is 0. The van der Waals surface area contributed by atoms with Gasteiger partial charge in [0.25, 0.3) is 11.6 Å². The molecule has 0 aliphatic heterocycles. The summed E-state index contributed by atoms with van der Waals surface area (Å²) in [7, 11) is -3.86. The number of amides is 1. The number of nitro benzene ring substituents is 1. The second kappa shape index (κ2) is 8.81. The van der Waals surface area contributed by atoms with Gasteiger partial charge in [0.05, 0.1) is 22.8 Å². The van der Waals surface area contributed by atoms with Gasteiger partial charge < -0.3 is 10.1 Å². The van der Waals surface area contributed by atoms with Crippen molar-refractivity contribution < 1.29 is 22.9 Å². The van der Waals surface area contributed by atoms with Gasteiger partial charge in [-0.15, -0.1) is 0 Å². The number of anilines is 1. The monoisotopic (exact) mass is 407 g/mol. The summed E-state index contributed by atoms with van der Waals surface area (Å²) in [5.41, 5.74) is 0.516. The fourth-order valence-corrected chi connectivity index (χ4v) is 3.76. The Balaban J connectivity index is 2.42. The molecule has 0 saturated heterocycles. The van der Waals surface area contributed by atoms with E-state index in [1.54, 1.807) is 13.8 Å². The Morgan fingerprint density at radius 1 is 1.21 bits per heavy atom. The van der Waals surface area contributed by atoms with Gasteiger partial charge in [0.15, 0.2) is 0 Å². The molecule has 2 aromatic carbocycles. The molecule has 28 heavy (non-hydrogen) atoms. The normalized spacial score (nSPS) is 11.1. The van der Waals surface area contributed by atoms with Crippen molar-refractivity contribution in [3.8, 4) is 5.75 Å². The van der Waals surface area contributed by atoms with E-state index in [0.29, 0.717) is 5.56 Å². The summed E-state index contributed by atoms with van der Waals surface area (Å²) < 4.78 is 32.6. The Morgan fingerprint density at radius 2 is 1.93 bits per heavy atom. The number of nitrogens with one attached hydrogen (secondary N) is 2. The third kappa shape index (κ3) is 4.65. The van der Waals surface area contributed by atoms with Crippen LogP contribution in [0, 0.1) is 17.0 Å². The van der Waals surface area contributed by atoms with Crippen molar-refractivity contribution in [1.29, 1.82) is 0 Å². The first-order chi connectivity index (χ1) is 13.2. The average Bonchev–Trinajstić information content (AvgIpc) is 2.63. The van der Waals surface area contributed by atoms with E-state index in [-0.39, 0.29) is 40.7 Å². The largest absolute Gasteiger partial charge is 0.492 e. The molecule has 1 amide bonds. The van der Waals surface area contributed by atoms with Crippen LogP contribution in [0.5, 0.6) is 5.75 Å². The lowest BCUT2D eigenvalue weighted by atomic mass is 10.1. The van der Waals surface area contributed by atoms with Gasteiger partial charge in [-0.1, -0.05) is 13.0 Å². The van der Waals surface area contributed by atoms with Crippen LogP contribution in [0.4, 0.5) is 11.4 Å². The van der Waals surface area contributed by atoms with Crippen molar-refractivity contribution >= 4 is 27.3 Å². The lowest BCUT2D eigenvalue weighted by Gasteiger charge is -2.13. The summed E-state index contributed by atoms with van der Waals surface area (Å²) in [6, 6.07) is 8.37. The third-order valence-electron chi connectivity index (χ3n) is 3.88. The molecular formula is C18H21N3O6S. The summed E-state index contributed by atoms with van der Waals surface area (Å²) in [4.78, 5) is 23.0. The molecule has 0 bridgehead atoms. The SMILES string of the molecule is CCNS(=O)(=O)c1cc(C(=O)Nc2cccc([N+](=O)[O-])c2C)ccc1OCC. The summed E-state index contributed by atoms with van der Waals surface area (Å²) in [5.74, 6) is -0.467. The van der Waals surface area contributed by atoms with Crippen molar-refractivity contribution in [2.75, 3.05) is 18.5 Å². The molecule has 2 aromatic rings. The van der Waals surface area contributed by atoms with Crippen molar-refractivity contribution in [1.82, 2.24) is 4.72 Å². The number of hydrogen-bond donors (Lipinski definition) is 2. The smallest absolute Gasteiger partial charge is 0.274 e. The number of hydrogen-bond acceptors (Lipinski definition) is 6. The van der Waals surface area contributed by atoms with Crippen molar-refractivity contribution in [3.05, 3.63) is 57.6 Å². The van der Waals surface area contributed by atoms with Crippen LogP contribution in [0.1, 0.15) is 29.8 Å². The zero-order valence-electron chi connectivity index (χ0n) is 15.7. The average molecular weight is 407 g/mol. The first kappa shape index (κ1) is 21.3. The van der Waals surface area contributed by atoms with Crippen LogP contribution in [-0.2, 0) is 10.0 Å². The van der Waals surface area contributed by atoms with Gasteiger partial charge in [0.2, 0.25) is 10.0 Å². The number of ether oxygens (including phenoxy) is 1. The van der Waals surface area contributed by atoms with Crippen LogP contribution >= 0.6 is 0 Å². The van der Waals surface area contributed by atoms with Gasteiger partial charge >= 0.3 is 0 Å². The molecule has 2 N–H and O–H groups in total. The maximum atomic E-state index is 12.6. The fourth-order valence-electron chi connectivity index (χ4n) is 2.55. The highest BCUT2D eigenvalue weighted by atomic mass is 32.2. The van der Waals surface area contributed by atoms with Gasteiger partial charge in [-0.3, -0.25) is 14.9 Å². The maximum absolute atomic E-state index is 12.6. The molecule has 0 aromatic heterocycles. The maximum Gasteiger partial charge on any atom is 0.274 e. The zero-order chi connectivity index (χ0) is 20.9. The molecule has 0 aliphatic carbocycles. The Labute approximate surface area is 162 Å². The first-order valence-corrected chi connectivity index (χ1v) is 10.0. The number of rotatable bonds is 8. The zero-order valence-corrected chi connectivity index (χ0v) is 16.5. The van der Waals surface area contributed by atoms with Gasteiger partial charge in [-0.2, -0.15) is 0 Å². The lowest BCUT2D eigenvalue weighted by molar-refractivity contribution is -0.385. The number of carbonyl (C=O) groups is 1. The highest BCUT2D eigenvalue weighted by Gasteiger charge is 2.22. The summed E-state index contributed by atoms with van der Waals surface area (Å²) in [5, 5.41) is 13.6. The standard InChI is InChI=1S/C18H21N3O6S/c1-4-19-28(25,26)17-11-13(9-10-16(17)27-5-2)18(22)20-14-7-6-8-15(12(14)3)21(23)24/h6-11,19H,4-5H2,1-3H3,(H,20,22). The molecule has 2 rings (SSSR count). The van der Waals surface area contributed by atoms with E-state index in [2.05, 4.69) is 10.0 Å². The molecule has 0 spiro atoms. The Bertz CT molecular complexity index is 1000. The molecular weight excluding hydrogens is 386 g/mol. The van der Waals surface area contributed by atoms with E-state index in [1.807, 2.05) is 0 Å². The van der Waals surface area contributed by atoms with Crippen molar-refractivity contribution in [2.24, 2.45) is 0 Å². The Morgan fingerprint density at radius 3 is 2.54 bits per heavy atom. The number of sulfonamides is 1. The molecule has 0 aliphatic rings. The summed E-state index contributed by atoms with van der Waals surface area (Å²) >= 11 is 0. The Kier molecular flexibility index (Phi) is 6.71. The van der Waals surface area contributed by atoms with Crippen LogP contribution in [0.25, 0.3) is 0 Å². The molecule has 9 nitrogen and oxygen atoms in total. The first-order valence-electron chi connectivity index (χ1n) is 8.53. The highest BCUT2D eigenvalue weighted by Crippen LogP contribution is 2.28. The molecule has 0 atom stereocenters. The van der Waals surface area contributed by atoms with E-state index in [1.165, 1.54) is 43.3 Å². The number of nitrogens with zero attached hydrogens (tertiary/aromatic N) is 1. The topological polar surface area (TPSA) is 128 Å². The highest BCUT2D eigenvalue weighted by molar-refractivity contribution is 7.89. The second-order valence-electron chi connectivity index (χ2n) is 5.76. The Hall–Kier alpha value is -2.98. The third-order valence-corrected chi connectivity index (χ3v) is 5.45. The predicted molar refractivity (Wildman–Crippen MR) is 104 cm³/mol. The van der Waals surface area contributed by atoms with Crippen molar-refractivity contribution in [2.45, 2.75) is 25.7 Å². The minimum Gasteiger partial charge on any atom is -0.492 e. The quantitative estimate of drug-likeness (QED) is 0.512. The number of carbonyl (C=O) groups excluding carboxylic acids is 1. The molecule has 150 valence electrons. The predicted octanol–water partition coefficient (Wildman–Crippen LogP) is 2.85. The van der Waals surface area contributed by atoms with Crippen LogP contribution in [0.3, 0.4) is 0 Å². The molecule has 0 unspecified atom stereocenters. The minimum absolute atomic E-state index is 0.0748. The van der Waals surface area contributed by atoms with Crippen LogP contribution < -0.4 is 14.8 Å². The molecule has 0 fully saturated rings. The number of nitro groups is 1. The molecule has 10 heteroatoms. The van der Waals surface area contributed by atoms with Crippen LogP contribution in [0.2, 0.25) is 0 Å². The molecule has 0 radical (unpaired) electrons. The molecule has 0 heterocycles. The van der Waals surface area contributed by atoms with Gasteiger partial charge in [-0.25, -0.2) is 13.1 Å². The van der Waals surface area contributed by atoms with Crippen molar-refractivity contribution in [3.63, 3.8) is 0 Å². The molecule has 0 saturated carbocycles. The van der Waals surface area contributed by atoms with Gasteiger partial charge in [-0.05, 0) is 38.1 Å². The van der Waals surface area contributed by atoms with Gasteiger partial charge in [0.1, 0.15) is 10.6 Å². The van der Waals surface area contributed by atoms with E-state index < -0.39 is 20.9 Å². The van der Waals surface area contributed by atoms with E-state index in [9.17, 15) is 23.3 Å². The van der Waals surface area contributed by atoms with Crippen LogP contribution in [-0.4, -0.2) is 32.4 Å². The fraction of sp³-hybridized carbons (Fsp3) is 0.278. The van der Waals surface area contributed by atoms with E-state index >= 15 is 0 Å².